The van der Waals surface area contributed by atoms with Gasteiger partial charge in [0.2, 0.25) is 5.91 Å². The van der Waals surface area contributed by atoms with Gasteiger partial charge in [0.15, 0.2) is 0 Å². The van der Waals surface area contributed by atoms with Crippen LogP contribution in [0.15, 0.2) is 91.0 Å². The van der Waals surface area contributed by atoms with Crippen molar-refractivity contribution in [2.75, 3.05) is 13.1 Å². The molecule has 3 N–H and O–H groups in total. The fourth-order valence-electron chi connectivity index (χ4n) is 3.07. The first-order valence-electron chi connectivity index (χ1n) is 10.1. The Balaban J connectivity index is 1.56. The molecule has 0 aliphatic rings. The zero-order chi connectivity index (χ0) is 21.9. The summed E-state index contributed by atoms with van der Waals surface area (Å²) in [7, 11) is 0. The molecule has 0 bridgehead atoms. The predicted molar refractivity (Wildman–Crippen MR) is 120 cm³/mol. The Bertz CT molecular complexity index is 992. The lowest BCUT2D eigenvalue weighted by molar-refractivity contribution is -0.122. The molecule has 0 fully saturated rings. The quantitative estimate of drug-likeness (QED) is 0.470. The second-order valence-electron chi connectivity index (χ2n) is 6.99. The Morgan fingerprint density at radius 2 is 1.10 bits per heavy atom. The van der Waals surface area contributed by atoms with E-state index in [1.54, 1.807) is 48.5 Å². The van der Waals surface area contributed by atoms with Crippen molar-refractivity contribution in [3.05, 3.63) is 108 Å². The lowest BCUT2D eigenvalue weighted by Gasteiger charge is -2.19. The van der Waals surface area contributed by atoms with Gasteiger partial charge in [0.05, 0.1) is 0 Å². The van der Waals surface area contributed by atoms with Crippen LogP contribution in [0, 0.1) is 0 Å². The van der Waals surface area contributed by atoms with Crippen LogP contribution in [0.2, 0.25) is 0 Å². The van der Waals surface area contributed by atoms with Gasteiger partial charge < -0.3 is 16.0 Å². The molecule has 0 saturated carbocycles. The average molecular weight is 415 g/mol. The van der Waals surface area contributed by atoms with Gasteiger partial charge in [-0.3, -0.25) is 14.4 Å². The zero-order valence-electron chi connectivity index (χ0n) is 17.1. The van der Waals surface area contributed by atoms with E-state index >= 15 is 0 Å². The summed E-state index contributed by atoms with van der Waals surface area (Å²) in [5, 5.41) is 8.39. The first-order chi connectivity index (χ1) is 15.1. The predicted octanol–water partition coefficient (Wildman–Crippen LogP) is 2.57. The summed E-state index contributed by atoms with van der Waals surface area (Å²) in [5.74, 6) is -0.816. The lowest BCUT2D eigenvalue weighted by atomic mass is 10.0. The number of carbonyl (C=O) groups is 3. The number of rotatable bonds is 9. The van der Waals surface area contributed by atoms with Crippen LogP contribution in [0.1, 0.15) is 26.3 Å². The second-order valence-corrected chi connectivity index (χ2v) is 6.99. The first kappa shape index (κ1) is 21.8. The summed E-state index contributed by atoms with van der Waals surface area (Å²) in [6.45, 7) is 0.536. The molecule has 6 nitrogen and oxygen atoms in total. The molecular weight excluding hydrogens is 390 g/mol. The number of hydrogen-bond donors (Lipinski definition) is 3. The van der Waals surface area contributed by atoms with E-state index in [4.69, 9.17) is 0 Å². The Labute approximate surface area is 181 Å². The molecule has 1 atom stereocenters. The van der Waals surface area contributed by atoms with Gasteiger partial charge in [-0.05, 0) is 29.8 Å². The third-order valence-electron chi connectivity index (χ3n) is 4.69. The molecule has 0 heterocycles. The van der Waals surface area contributed by atoms with Gasteiger partial charge >= 0.3 is 0 Å². The molecule has 3 amide bonds. The summed E-state index contributed by atoms with van der Waals surface area (Å²) < 4.78 is 0. The Morgan fingerprint density at radius 3 is 1.68 bits per heavy atom. The Morgan fingerprint density at radius 1 is 0.613 bits per heavy atom. The summed E-state index contributed by atoms with van der Waals surface area (Å²) >= 11 is 0. The molecule has 31 heavy (non-hydrogen) atoms. The van der Waals surface area contributed by atoms with E-state index < -0.39 is 6.04 Å². The van der Waals surface area contributed by atoms with Gasteiger partial charge in [-0.1, -0.05) is 66.7 Å². The van der Waals surface area contributed by atoms with E-state index in [2.05, 4.69) is 16.0 Å². The van der Waals surface area contributed by atoms with E-state index in [0.29, 0.717) is 17.5 Å². The maximum atomic E-state index is 12.8. The van der Waals surface area contributed by atoms with Crippen molar-refractivity contribution in [2.45, 2.75) is 12.5 Å². The van der Waals surface area contributed by atoms with Crippen molar-refractivity contribution in [3.63, 3.8) is 0 Å². The highest BCUT2D eigenvalue weighted by Gasteiger charge is 2.21. The van der Waals surface area contributed by atoms with Crippen LogP contribution < -0.4 is 16.0 Å². The van der Waals surface area contributed by atoms with Gasteiger partial charge in [-0.25, -0.2) is 0 Å². The largest absolute Gasteiger partial charge is 0.353 e. The van der Waals surface area contributed by atoms with Crippen molar-refractivity contribution < 1.29 is 14.4 Å². The van der Waals surface area contributed by atoms with Gasteiger partial charge in [-0.2, -0.15) is 0 Å². The highest BCUT2D eigenvalue weighted by molar-refractivity contribution is 5.97. The number of carbonyl (C=O) groups excluding carboxylic acids is 3. The molecule has 3 rings (SSSR count). The van der Waals surface area contributed by atoms with Crippen LogP contribution in [-0.2, 0) is 11.2 Å². The lowest BCUT2D eigenvalue weighted by Crippen LogP contribution is -2.49. The van der Waals surface area contributed by atoms with Crippen molar-refractivity contribution >= 4 is 17.7 Å². The van der Waals surface area contributed by atoms with Crippen LogP contribution in [0.5, 0.6) is 0 Å². The molecule has 158 valence electrons. The third kappa shape index (κ3) is 6.82. The highest BCUT2D eigenvalue weighted by Crippen LogP contribution is 2.06. The molecule has 0 aromatic heterocycles. The standard InChI is InChI=1S/C25H25N3O3/c29-23(20-12-6-2-7-13-20)26-16-17-27-25(31)22(18-19-10-4-1-5-11-19)28-24(30)21-14-8-3-9-15-21/h1-15,22H,16-18H2,(H,26,29)(H,27,31)(H,28,30). The Kier molecular flexibility index (Phi) is 7.94. The molecular formula is C25H25N3O3. The summed E-state index contributed by atoms with van der Waals surface area (Å²) in [6.07, 6.45) is 0.363. The minimum atomic E-state index is -0.736. The van der Waals surface area contributed by atoms with E-state index in [1.165, 1.54) is 0 Å². The fourth-order valence-corrected chi connectivity index (χ4v) is 3.07. The molecule has 0 saturated heterocycles. The van der Waals surface area contributed by atoms with Crippen LogP contribution in [-0.4, -0.2) is 36.9 Å². The minimum Gasteiger partial charge on any atom is -0.353 e. The second kappa shape index (κ2) is 11.3. The number of amides is 3. The van der Waals surface area contributed by atoms with Crippen LogP contribution in [0.3, 0.4) is 0 Å². The average Bonchev–Trinajstić information content (AvgIpc) is 2.83. The molecule has 3 aromatic carbocycles. The smallest absolute Gasteiger partial charge is 0.251 e. The normalized spacial score (nSPS) is 11.2. The monoisotopic (exact) mass is 415 g/mol. The summed E-state index contributed by atoms with van der Waals surface area (Å²) in [6, 6.07) is 26.4. The van der Waals surface area contributed by atoms with Crippen LogP contribution in [0.4, 0.5) is 0 Å². The maximum Gasteiger partial charge on any atom is 0.251 e. The van der Waals surface area contributed by atoms with Crippen molar-refractivity contribution in [1.29, 1.82) is 0 Å². The third-order valence-corrected chi connectivity index (χ3v) is 4.69. The van der Waals surface area contributed by atoms with Gasteiger partial charge in [0, 0.05) is 30.6 Å². The molecule has 0 radical (unpaired) electrons. The summed E-state index contributed by atoms with van der Waals surface area (Å²) in [5.41, 5.74) is 1.99. The number of benzene rings is 3. The van der Waals surface area contributed by atoms with Gasteiger partial charge in [0.1, 0.15) is 6.04 Å². The van der Waals surface area contributed by atoms with Gasteiger partial charge in [0.25, 0.3) is 11.8 Å². The Hall–Kier alpha value is -3.93. The molecule has 6 heteroatoms. The number of hydrogen-bond acceptors (Lipinski definition) is 3. The first-order valence-corrected chi connectivity index (χ1v) is 10.1. The van der Waals surface area contributed by atoms with Crippen molar-refractivity contribution in [1.82, 2.24) is 16.0 Å². The fraction of sp³-hybridized carbons (Fsp3) is 0.160. The maximum absolute atomic E-state index is 12.8. The zero-order valence-corrected chi connectivity index (χ0v) is 17.1. The van der Waals surface area contributed by atoms with Crippen LogP contribution in [0.25, 0.3) is 0 Å². The molecule has 1 unspecified atom stereocenters. The molecule has 0 spiro atoms. The van der Waals surface area contributed by atoms with E-state index in [1.807, 2.05) is 42.5 Å². The SMILES string of the molecule is O=C(NCCNC(=O)C(Cc1ccccc1)NC(=O)c1ccccc1)c1ccccc1. The molecule has 3 aromatic rings. The summed E-state index contributed by atoms with van der Waals surface area (Å²) in [4.78, 5) is 37.5. The van der Waals surface area contributed by atoms with Crippen molar-refractivity contribution in [2.24, 2.45) is 0 Å². The topological polar surface area (TPSA) is 87.3 Å². The van der Waals surface area contributed by atoms with E-state index in [-0.39, 0.29) is 30.8 Å². The molecule has 0 aliphatic carbocycles. The van der Waals surface area contributed by atoms with E-state index in [9.17, 15) is 14.4 Å². The van der Waals surface area contributed by atoms with Crippen LogP contribution >= 0.6 is 0 Å². The minimum absolute atomic E-state index is 0.201. The van der Waals surface area contributed by atoms with Crippen molar-refractivity contribution in [3.8, 4) is 0 Å². The van der Waals surface area contributed by atoms with E-state index in [0.717, 1.165) is 5.56 Å². The van der Waals surface area contributed by atoms with Gasteiger partial charge in [-0.15, -0.1) is 0 Å². The number of nitrogens with one attached hydrogen (secondary N) is 3. The highest BCUT2D eigenvalue weighted by atomic mass is 16.2. The molecule has 0 aliphatic heterocycles.